The zero-order chi connectivity index (χ0) is 18.4. The van der Waals surface area contributed by atoms with Crippen molar-refractivity contribution in [2.75, 3.05) is 44.2 Å². The summed E-state index contributed by atoms with van der Waals surface area (Å²) in [5.41, 5.74) is 2.23. The Morgan fingerprint density at radius 1 is 1.31 bits per heavy atom. The van der Waals surface area contributed by atoms with Crippen LogP contribution in [0.2, 0.25) is 0 Å². The van der Waals surface area contributed by atoms with Gasteiger partial charge in [-0.3, -0.25) is 4.99 Å². The van der Waals surface area contributed by atoms with Crippen LogP contribution in [0, 0.1) is 13.8 Å². The van der Waals surface area contributed by atoms with Crippen LogP contribution in [0.4, 0.5) is 5.00 Å². The van der Waals surface area contributed by atoms with E-state index in [-0.39, 0.29) is 0 Å². The Kier molecular flexibility index (Phi) is 6.55. The first-order valence-corrected chi connectivity index (χ1v) is 10.3. The summed E-state index contributed by atoms with van der Waals surface area (Å²) in [6.45, 7) is 11.9. The summed E-state index contributed by atoms with van der Waals surface area (Å²) in [7, 11) is 0. The Bertz CT molecular complexity index is 682. The summed E-state index contributed by atoms with van der Waals surface area (Å²) in [5, 5.41) is 11.0. The van der Waals surface area contributed by atoms with Gasteiger partial charge in [0.2, 0.25) is 0 Å². The van der Waals surface area contributed by atoms with E-state index in [2.05, 4.69) is 44.7 Å². The van der Waals surface area contributed by atoms with Crippen LogP contribution in [0.15, 0.2) is 27.0 Å². The lowest BCUT2D eigenvalue weighted by Gasteiger charge is -2.37. The molecule has 2 aromatic rings. The van der Waals surface area contributed by atoms with Crippen molar-refractivity contribution in [2.45, 2.75) is 33.6 Å². The van der Waals surface area contributed by atoms with E-state index in [9.17, 15) is 0 Å². The SMILES string of the molecule is CCNC(=NCCCc1c(C)noc1C)N1CCN(c2cccs2)CC1. The van der Waals surface area contributed by atoms with Gasteiger partial charge in [-0.15, -0.1) is 11.3 Å². The number of hydrogen-bond donors (Lipinski definition) is 1. The summed E-state index contributed by atoms with van der Waals surface area (Å²) >= 11 is 1.82. The van der Waals surface area contributed by atoms with Gasteiger partial charge in [0.25, 0.3) is 0 Å². The topological polar surface area (TPSA) is 56.9 Å². The number of nitrogens with zero attached hydrogens (tertiary/aromatic N) is 4. The Morgan fingerprint density at radius 3 is 2.73 bits per heavy atom. The number of guanidine groups is 1. The first kappa shape index (κ1) is 18.8. The van der Waals surface area contributed by atoms with E-state index >= 15 is 0 Å². The highest BCUT2D eigenvalue weighted by Crippen LogP contribution is 2.22. The van der Waals surface area contributed by atoms with Gasteiger partial charge in [-0.1, -0.05) is 5.16 Å². The van der Waals surface area contributed by atoms with Crippen LogP contribution in [-0.2, 0) is 6.42 Å². The molecule has 0 unspecified atom stereocenters. The monoisotopic (exact) mass is 375 g/mol. The van der Waals surface area contributed by atoms with Gasteiger partial charge in [0.05, 0.1) is 10.7 Å². The van der Waals surface area contributed by atoms with Crippen molar-refractivity contribution in [3.63, 3.8) is 0 Å². The molecule has 0 atom stereocenters. The average molecular weight is 376 g/mol. The van der Waals surface area contributed by atoms with Crippen LogP contribution in [0.3, 0.4) is 0 Å². The molecule has 6 nitrogen and oxygen atoms in total. The molecular weight excluding hydrogens is 346 g/mol. The van der Waals surface area contributed by atoms with Crippen molar-refractivity contribution >= 4 is 22.3 Å². The molecular formula is C19H29N5OS. The zero-order valence-corrected chi connectivity index (χ0v) is 16.8. The zero-order valence-electron chi connectivity index (χ0n) is 16.0. The first-order chi connectivity index (χ1) is 12.7. The normalized spacial score (nSPS) is 15.6. The lowest BCUT2D eigenvalue weighted by Crippen LogP contribution is -2.52. The highest BCUT2D eigenvalue weighted by molar-refractivity contribution is 7.14. The third-order valence-corrected chi connectivity index (χ3v) is 5.69. The molecule has 26 heavy (non-hydrogen) atoms. The summed E-state index contributed by atoms with van der Waals surface area (Å²) in [5.74, 6) is 1.97. The van der Waals surface area contributed by atoms with Gasteiger partial charge in [0, 0.05) is 44.8 Å². The molecule has 3 rings (SSSR count). The second-order valence-electron chi connectivity index (χ2n) is 6.57. The summed E-state index contributed by atoms with van der Waals surface area (Å²) in [4.78, 5) is 9.69. The molecule has 1 aliphatic heterocycles. The minimum Gasteiger partial charge on any atom is -0.361 e. The Labute approximate surface area is 159 Å². The molecule has 0 radical (unpaired) electrons. The van der Waals surface area contributed by atoms with Crippen molar-refractivity contribution in [1.29, 1.82) is 0 Å². The fourth-order valence-corrected chi connectivity index (χ4v) is 4.10. The standard InChI is InChI=1S/C19H29N5OS/c1-4-20-19(21-9-5-7-17-15(2)22-25-16(17)3)24-12-10-23(11-13-24)18-8-6-14-26-18/h6,8,14H,4-5,7,9-13H2,1-3H3,(H,20,21). The highest BCUT2D eigenvalue weighted by Gasteiger charge is 2.20. The Balaban J connectivity index is 1.51. The molecule has 3 heterocycles. The predicted octanol–water partition coefficient (Wildman–Crippen LogP) is 3.07. The lowest BCUT2D eigenvalue weighted by molar-refractivity contribution is 0.373. The molecule has 0 spiro atoms. The van der Waals surface area contributed by atoms with Gasteiger partial charge in [0.15, 0.2) is 5.96 Å². The second kappa shape index (κ2) is 9.07. The van der Waals surface area contributed by atoms with Gasteiger partial charge < -0.3 is 19.6 Å². The number of rotatable bonds is 6. The Hall–Kier alpha value is -2.02. The number of hydrogen-bond acceptors (Lipinski definition) is 5. The van der Waals surface area contributed by atoms with Crippen molar-refractivity contribution in [1.82, 2.24) is 15.4 Å². The van der Waals surface area contributed by atoms with Crippen LogP contribution < -0.4 is 10.2 Å². The molecule has 0 amide bonds. The molecule has 0 aliphatic carbocycles. The third kappa shape index (κ3) is 4.58. The van der Waals surface area contributed by atoms with E-state index in [1.807, 2.05) is 25.2 Å². The molecule has 1 aliphatic rings. The summed E-state index contributed by atoms with van der Waals surface area (Å²) < 4.78 is 5.24. The van der Waals surface area contributed by atoms with Crippen LogP contribution in [0.25, 0.3) is 0 Å². The largest absolute Gasteiger partial charge is 0.361 e. The van der Waals surface area contributed by atoms with Gasteiger partial charge in [-0.2, -0.15) is 0 Å². The predicted molar refractivity (Wildman–Crippen MR) is 108 cm³/mol. The maximum absolute atomic E-state index is 5.24. The molecule has 1 N–H and O–H groups in total. The minimum atomic E-state index is 0.817. The number of aromatic nitrogens is 1. The maximum atomic E-state index is 5.24. The summed E-state index contributed by atoms with van der Waals surface area (Å²) in [6, 6.07) is 4.32. The molecule has 0 saturated carbocycles. The fourth-order valence-electron chi connectivity index (χ4n) is 3.31. The number of aryl methyl sites for hydroxylation is 2. The number of anilines is 1. The molecule has 0 bridgehead atoms. The van der Waals surface area contributed by atoms with Gasteiger partial charge in [0.1, 0.15) is 5.76 Å². The van der Waals surface area contributed by atoms with Crippen molar-refractivity contribution in [3.05, 3.63) is 34.5 Å². The number of piperazine rings is 1. The van der Waals surface area contributed by atoms with E-state index in [1.54, 1.807) is 0 Å². The van der Waals surface area contributed by atoms with Crippen LogP contribution >= 0.6 is 11.3 Å². The quantitative estimate of drug-likeness (QED) is 0.478. The molecule has 0 aromatic carbocycles. The average Bonchev–Trinajstić information content (AvgIpc) is 3.29. The smallest absolute Gasteiger partial charge is 0.194 e. The first-order valence-electron chi connectivity index (χ1n) is 9.42. The lowest BCUT2D eigenvalue weighted by atomic mass is 10.1. The minimum absolute atomic E-state index is 0.817. The van der Waals surface area contributed by atoms with Crippen LogP contribution in [-0.4, -0.2) is 55.3 Å². The van der Waals surface area contributed by atoms with Crippen LogP contribution in [0.1, 0.15) is 30.4 Å². The molecule has 142 valence electrons. The maximum Gasteiger partial charge on any atom is 0.194 e. The van der Waals surface area contributed by atoms with Crippen LogP contribution in [0.5, 0.6) is 0 Å². The van der Waals surface area contributed by atoms with Gasteiger partial charge in [-0.05, 0) is 51.1 Å². The Morgan fingerprint density at radius 2 is 2.12 bits per heavy atom. The van der Waals surface area contributed by atoms with Crippen molar-refractivity contribution in [2.24, 2.45) is 4.99 Å². The van der Waals surface area contributed by atoms with E-state index in [0.29, 0.717) is 0 Å². The second-order valence-corrected chi connectivity index (χ2v) is 7.49. The molecule has 1 saturated heterocycles. The number of thiophene rings is 1. The summed E-state index contributed by atoms with van der Waals surface area (Å²) in [6.07, 6.45) is 1.98. The van der Waals surface area contributed by atoms with E-state index in [1.165, 1.54) is 10.6 Å². The third-order valence-electron chi connectivity index (χ3n) is 4.76. The van der Waals surface area contributed by atoms with E-state index in [0.717, 1.165) is 69.5 Å². The van der Waals surface area contributed by atoms with Crippen molar-refractivity contribution in [3.8, 4) is 0 Å². The number of nitrogens with one attached hydrogen (secondary N) is 1. The van der Waals surface area contributed by atoms with Gasteiger partial charge in [-0.25, -0.2) is 0 Å². The molecule has 1 fully saturated rings. The number of aliphatic imine (C=N–C) groups is 1. The molecule has 7 heteroatoms. The van der Waals surface area contributed by atoms with E-state index < -0.39 is 0 Å². The fraction of sp³-hybridized carbons (Fsp3) is 0.579. The molecule has 2 aromatic heterocycles. The van der Waals surface area contributed by atoms with Gasteiger partial charge >= 0.3 is 0 Å². The van der Waals surface area contributed by atoms with E-state index in [4.69, 9.17) is 9.52 Å². The van der Waals surface area contributed by atoms with Crippen molar-refractivity contribution < 1.29 is 4.52 Å². The highest BCUT2D eigenvalue weighted by atomic mass is 32.1.